The summed E-state index contributed by atoms with van der Waals surface area (Å²) >= 11 is 0. The fourth-order valence-corrected chi connectivity index (χ4v) is 3.27. The summed E-state index contributed by atoms with van der Waals surface area (Å²) in [7, 11) is -4.79. The van der Waals surface area contributed by atoms with Crippen molar-refractivity contribution in [3.63, 3.8) is 0 Å². The first kappa shape index (κ1) is 24.5. The molecule has 0 amide bonds. The van der Waals surface area contributed by atoms with Crippen LogP contribution in [0.15, 0.2) is 24.5 Å². The monoisotopic (exact) mass is 449 g/mol. The number of phosphoric acid groups is 1. The molecule has 30 heavy (non-hydrogen) atoms. The largest absolute Gasteiger partial charge is 0.469 e. The molecule has 0 unspecified atom stereocenters. The molecule has 6 N–H and O–H groups in total. The predicted molar refractivity (Wildman–Crippen MR) is 98.4 cm³/mol. The van der Waals surface area contributed by atoms with Gasteiger partial charge in [0.2, 0.25) is 0 Å². The number of hydrogen-bond donors (Lipinski definition) is 5. The van der Waals surface area contributed by atoms with Gasteiger partial charge in [-0.1, -0.05) is 6.92 Å². The predicted octanol–water partition coefficient (Wildman–Crippen LogP) is -1.24. The third-order valence-corrected chi connectivity index (χ3v) is 4.96. The van der Waals surface area contributed by atoms with Gasteiger partial charge in [-0.15, -0.1) is 0 Å². The molecule has 1 aromatic rings. The second kappa shape index (κ2) is 10.5. The number of esters is 2. The fraction of sp³-hybridized carbons (Fsp3) is 0.588. The Kier molecular flexibility index (Phi) is 8.59. The van der Waals surface area contributed by atoms with Crippen LogP contribution in [0.25, 0.3) is 0 Å². The minimum Gasteiger partial charge on any atom is -0.389 e. The van der Waals surface area contributed by atoms with E-state index in [2.05, 4.69) is 4.52 Å². The van der Waals surface area contributed by atoms with Gasteiger partial charge in [0.05, 0.1) is 6.61 Å². The van der Waals surface area contributed by atoms with Crippen LogP contribution >= 0.6 is 7.82 Å². The molecule has 0 spiro atoms. The molecule has 2 rings (SSSR count). The third kappa shape index (κ3) is 6.89. The Bertz CT molecular complexity index is 800. The number of carbonyl (C=O) groups excluding carboxylic acids is 2. The highest BCUT2D eigenvalue weighted by Crippen LogP contribution is 2.37. The zero-order chi connectivity index (χ0) is 22.5. The zero-order valence-electron chi connectivity index (χ0n) is 16.2. The molecule has 0 bridgehead atoms. The number of carbonyl (C=O) groups is 2. The van der Waals surface area contributed by atoms with Crippen LogP contribution in [0.3, 0.4) is 0 Å². The fourth-order valence-electron chi connectivity index (χ4n) is 2.93. The molecule has 0 radical (unpaired) electrons. The van der Waals surface area contributed by atoms with E-state index < -0.39 is 50.9 Å². The molecule has 13 heteroatoms. The maximum atomic E-state index is 12.2. The van der Waals surface area contributed by atoms with Gasteiger partial charge in [0.15, 0.2) is 18.5 Å². The van der Waals surface area contributed by atoms with Gasteiger partial charge in [-0.3, -0.25) is 9.32 Å². The van der Waals surface area contributed by atoms with Gasteiger partial charge in [-0.25, -0.2) is 9.36 Å². The summed E-state index contributed by atoms with van der Waals surface area (Å²) < 4.78 is 26.7. The number of rotatable bonds is 9. The van der Waals surface area contributed by atoms with Crippen LogP contribution in [0.2, 0.25) is 0 Å². The number of nitrogens with two attached hydrogens (primary N) is 1. The van der Waals surface area contributed by atoms with Crippen molar-refractivity contribution in [2.45, 2.75) is 44.3 Å². The molecule has 0 aliphatic carbocycles. The van der Waals surface area contributed by atoms with Gasteiger partial charge < -0.3 is 35.2 Å². The molecule has 0 saturated carbocycles. The van der Waals surface area contributed by atoms with E-state index in [4.69, 9.17) is 25.0 Å². The number of aliphatic hydroxyl groups excluding tert-OH is 2. The molecule has 168 valence electrons. The summed E-state index contributed by atoms with van der Waals surface area (Å²) in [5, 5.41) is 20.3. The van der Waals surface area contributed by atoms with Crippen LogP contribution in [0.4, 0.5) is 0 Å². The lowest BCUT2D eigenvalue weighted by Gasteiger charge is -2.13. The Hall–Kier alpha value is -1.76. The Balaban J connectivity index is 2.04. The lowest BCUT2D eigenvalue weighted by molar-refractivity contribution is -0.765. The lowest BCUT2D eigenvalue weighted by Crippen LogP contribution is -2.46. The number of nitrogens with zero attached hydrogens (tertiary/aromatic N) is 1. The average Bonchev–Trinajstić information content (AvgIpc) is 2.94. The van der Waals surface area contributed by atoms with Crippen LogP contribution in [0.5, 0.6) is 0 Å². The average molecular weight is 449 g/mol. The highest BCUT2D eigenvalue weighted by molar-refractivity contribution is 7.46. The molecule has 12 nitrogen and oxygen atoms in total. The third-order valence-electron chi connectivity index (χ3n) is 4.48. The maximum absolute atomic E-state index is 12.2. The summed E-state index contributed by atoms with van der Waals surface area (Å²) in [5.74, 6) is -1.63. The van der Waals surface area contributed by atoms with Crippen molar-refractivity contribution >= 4 is 19.8 Å². The molecule has 0 aromatic carbocycles. The number of phosphoric ester groups is 1. The van der Waals surface area contributed by atoms with Gasteiger partial charge in [0.1, 0.15) is 17.8 Å². The van der Waals surface area contributed by atoms with Gasteiger partial charge >= 0.3 is 19.8 Å². The molecular weight excluding hydrogens is 423 g/mol. The van der Waals surface area contributed by atoms with E-state index in [9.17, 15) is 24.4 Å². The molecule has 1 aliphatic rings. The van der Waals surface area contributed by atoms with Crippen LogP contribution in [0.1, 0.15) is 36.4 Å². The Morgan fingerprint density at radius 2 is 2.03 bits per heavy atom. The van der Waals surface area contributed by atoms with Crippen LogP contribution in [0, 0.1) is 5.92 Å². The van der Waals surface area contributed by atoms with Crippen molar-refractivity contribution < 1.29 is 52.7 Å². The van der Waals surface area contributed by atoms with E-state index in [0.29, 0.717) is 13.0 Å². The summed E-state index contributed by atoms with van der Waals surface area (Å²) in [6.07, 6.45) is -2.00. The van der Waals surface area contributed by atoms with Crippen LogP contribution in [-0.2, 0) is 23.4 Å². The number of aliphatic hydroxyl groups is 2. The van der Waals surface area contributed by atoms with Gasteiger partial charge in [0.25, 0.3) is 6.23 Å². The quantitative estimate of drug-likeness (QED) is 0.131. The first-order valence-corrected chi connectivity index (χ1v) is 10.7. The highest BCUT2D eigenvalue weighted by atomic mass is 31.2. The Labute approximate surface area is 172 Å². The zero-order valence-corrected chi connectivity index (χ0v) is 17.1. The van der Waals surface area contributed by atoms with Gasteiger partial charge in [-0.05, 0) is 24.9 Å². The molecule has 1 saturated heterocycles. The van der Waals surface area contributed by atoms with E-state index in [-0.39, 0.29) is 17.9 Å². The van der Waals surface area contributed by atoms with Crippen LogP contribution < -0.4 is 10.3 Å². The van der Waals surface area contributed by atoms with Gasteiger partial charge in [0, 0.05) is 12.5 Å². The SMILES string of the molecule is C[C@@H](CCN)CC(=O)OC(=O)c1ccc[n+]([C@@H]2O[C@H](COP(=O)(O)O)[C@@H](O)[C@H]2O)c1. The van der Waals surface area contributed by atoms with Crippen LogP contribution in [-0.4, -0.2) is 63.4 Å². The minimum absolute atomic E-state index is 0.00228. The Morgan fingerprint density at radius 1 is 1.33 bits per heavy atom. The Morgan fingerprint density at radius 3 is 2.67 bits per heavy atom. The van der Waals surface area contributed by atoms with E-state index in [0.717, 1.165) is 0 Å². The highest BCUT2D eigenvalue weighted by Gasteiger charge is 2.49. The standard InChI is InChI=1S/C17H25N2O10P/c1-10(4-5-18)7-13(20)29-17(23)11-3-2-6-19(8-11)16-15(22)14(21)12(28-16)9-27-30(24,25)26/h2-3,6,8,10,12,14-16,21-22H,4-5,7,9,18H2,1H3,(H-,24,25,26)/p+1/t10-,12+,14+,15+,16+/m0/s1. The second-order valence-corrected chi connectivity index (χ2v) is 8.26. The van der Waals surface area contributed by atoms with E-state index in [1.54, 1.807) is 0 Å². The maximum Gasteiger partial charge on any atom is 0.469 e. The topological polar surface area (TPSA) is 190 Å². The summed E-state index contributed by atoms with van der Waals surface area (Å²) in [6.45, 7) is 1.57. The summed E-state index contributed by atoms with van der Waals surface area (Å²) in [6, 6.07) is 2.83. The second-order valence-electron chi connectivity index (χ2n) is 7.02. The van der Waals surface area contributed by atoms with E-state index in [1.165, 1.54) is 29.1 Å². The van der Waals surface area contributed by atoms with Crippen molar-refractivity contribution in [3.8, 4) is 0 Å². The summed E-state index contributed by atoms with van der Waals surface area (Å²) in [5.41, 5.74) is 5.42. The number of pyridine rings is 1. The molecule has 1 aliphatic heterocycles. The van der Waals surface area contributed by atoms with E-state index in [1.807, 2.05) is 6.92 Å². The smallest absolute Gasteiger partial charge is 0.389 e. The minimum atomic E-state index is -4.79. The number of hydrogen-bond acceptors (Lipinski definition) is 9. The number of ether oxygens (including phenoxy) is 2. The van der Waals surface area contributed by atoms with E-state index >= 15 is 0 Å². The van der Waals surface area contributed by atoms with Crippen molar-refractivity contribution in [3.05, 3.63) is 30.1 Å². The normalized spacial score (nSPS) is 25.1. The molecule has 5 atom stereocenters. The molecular formula is C17H26N2O10P+. The molecule has 2 heterocycles. The van der Waals surface area contributed by atoms with Crippen molar-refractivity contribution in [1.82, 2.24) is 0 Å². The lowest BCUT2D eigenvalue weighted by atomic mass is 10.0. The van der Waals surface area contributed by atoms with Gasteiger partial charge in [-0.2, -0.15) is 4.57 Å². The number of aromatic nitrogens is 1. The molecule has 1 aromatic heterocycles. The van der Waals surface area contributed by atoms with Crippen molar-refractivity contribution in [2.75, 3.05) is 13.2 Å². The first-order chi connectivity index (χ1) is 14.0. The van der Waals surface area contributed by atoms with Crippen molar-refractivity contribution in [1.29, 1.82) is 0 Å². The molecule has 1 fully saturated rings. The first-order valence-electron chi connectivity index (χ1n) is 9.19. The summed E-state index contributed by atoms with van der Waals surface area (Å²) in [4.78, 5) is 41.7. The van der Waals surface area contributed by atoms with Crippen molar-refractivity contribution in [2.24, 2.45) is 11.7 Å².